The van der Waals surface area contributed by atoms with Gasteiger partial charge in [0.05, 0.1) is 17.7 Å². The van der Waals surface area contributed by atoms with E-state index in [2.05, 4.69) is 32.9 Å². The van der Waals surface area contributed by atoms with Crippen molar-refractivity contribution in [3.63, 3.8) is 0 Å². The molecule has 0 saturated carbocycles. The highest BCUT2D eigenvalue weighted by atomic mass is 35.5. The highest BCUT2D eigenvalue weighted by Crippen LogP contribution is 2.33. The van der Waals surface area contributed by atoms with Crippen molar-refractivity contribution in [3.8, 4) is 5.75 Å². The van der Waals surface area contributed by atoms with Crippen molar-refractivity contribution in [1.29, 1.82) is 0 Å². The zero-order valence-corrected chi connectivity index (χ0v) is 16.9. The third kappa shape index (κ3) is 4.61. The molecule has 2 N–H and O–H groups in total. The molecule has 7 nitrogen and oxygen atoms in total. The first-order valence-electron chi connectivity index (χ1n) is 8.68. The normalized spacial score (nSPS) is 11.9. The molecule has 2 aromatic carbocycles. The Hall–Kier alpha value is -2.64. The van der Waals surface area contributed by atoms with Gasteiger partial charge in [-0.3, -0.25) is 4.79 Å². The van der Waals surface area contributed by atoms with Gasteiger partial charge in [0, 0.05) is 17.1 Å². The average Bonchev–Trinajstić information content (AvgIpc) is 3.19. The molecule has 0 aliphatic heterocycles. The van der Waals surface area contributed by atoms with E-state index in [-0.39, 0.29) is 28.2 Å². The lowest BCUT2D eigenvalue weighted by Gasteiger charge is -2.15. The molecule has 146 valence electrons. The number of rotatable bonds is 7. The minimum absolute atomic E-state index is 0.259. The van der Waals surface area contributed by atoms with Gasteiger partial charge in [0.2, 0.25) is 0 Å². The molecular weight excluding hydrogens is 401 g/mol. The summed E-state index contributed by atoms with van der Waals surface area (Å²) in [5.74, 6) is 0.863. The first-order valence-corrected chi connectivity index (χ1v) is 9.44. The molecule has 0 radical (unpaired) electrons. The summed E-state index contributed by atoms with van der Waals surface area (Å²) in [5.41, 5.74) is 2.06. The van der Waals surface area contributed by atoms with Gasteiger partial charge in [0.1, 0.15) is 5.75 Å². The van der Waals surface area contributed by atoms with Crippen LogP contribution < -0.4 is 10.1 Å². The number of halogens is 2. The van der Waals surface area contributed by atoms with Gasteiger partial charge in [-0.15, -0.1) is 10.2 Å². The van der Waals surface area contributed by atoms with E-state index in [0.29, 0.717) is 23.0 Å². The van der Waals surface area contributed by atoms with E-state index in [9.17, 15) is 4.79 Å². The van der Waals surface area contributed by atoms with Gasteiger partial charge in [-0.25, -0.2) is 0 Å². The third-order valence-electron chi connectivity index (χ3n) is 4.41. The van der Waals surface area contributed by atoms with Crippen molar-refractivity contribution in [2.75, 3.05) is 12.4 Å². The molecule has 0 spiro atoms. The van der Waals surface area contributed by atoms with E-state index in [0.717, 1.165) is 12.0 Å². The topological polar surface area (TPSA) is 92.8 Å². The number of hydrogen-bond donors (Lipinski definition) is 2. The van der Waals surface area contributed by atoms with Crippen LogP contribution in [0.4, 0.5) is 5.69 Å². The number of benzene rings is 2. The molecule has 1 heterocycles. The Bertz CT molecular complexity index is 946. The summed E-state index contributed by atoms with van der Waals surface area (Å²) in [6.07, 6.45) is 1.62. The molecule has 0 saturated heterocycles. The number of nitrogens with one attached hydrogen (secondary N) is 2. The number of nitrogens with zero attached hydrogens (tertiary/aromatic N) is 3. The summed E-state index contributed by atoms with van der Waals surface area (Å²) in [6, 6.07) is 10.7. The van der Waals surface area contributed by atoms with Crippen molar-refractivity contribution >= 4 is 34.8 Å². The van der Waals surface area contributed by atoms with Gasteiger partial charge in [-0.2, -0.15) is 5.21 Å². The van der Waals surface area contributed by atoms with Crippen LogP contribution in [0.25, 0.3) is 0 Å². The van der Waals surface area contributed by atoms with Crippen LogP contribution in [0.3, 0.4) is 0 Å². The van der Waals surface area contributed by atoms with E-state index in [1.54, 1.807) is 0 Å². The van der Waals surface area contributed by atoms with Crippen LogP contribution in [0.1, 0.15) is 41.0 Å². The molecule has 1 atom stereocenters. The van der Waals surface area contributed by atoms with Gasteiger partial charge >= 0.3 is 0 Å². The smallest absolute Gasteiger partial charge is 0.259 e. The van der Waals surface area contributed by atoms with Crippen LogP contribution in [-0.4, -0.2) is 33.6 Å². The lowest BCUT2D eigenvalue weighted by molar-refractivity contribution is 0.102. The van der Waals surface area contributed by atoms with E-state index < -0.39 is 0 Å². The number of carbonyl (C=O) groups is 1. The number of aromatic nitrogens is 4. The summed E-state index contributed by atoms with van der Waals surface area (Å²) >= 11 is 12.1. The van der Waals surface area contributed by atoms with E-state index in [4.69, 9.17) is 27.9 Å². The number of tetrazole rings is 1. The third-order valence-corrected chi connectivity index (χ3v) is 4.91. The molecule has 0 aliphatic carbocycles. The molecule has 3 aromatic rings. The van der Waals surface area contributed by atoms with Gasteiger partial charge < -0.3 is 10.1 Å². The van der Waals surface area contributed by atoms with Crippen LogP contribution in [0.5, 0.6) is 5.75 Å². The minimum atomic E-state index is -0.354. The highest BCUT2D eigenvalue weighted by Gasteiger charge is 2.18. The Morgan fingerprint density at radius 2 is 2.00 bits per heavy atom. The maximum Gasteiger partial charge on any atom is 0.259 e. The predicted molar refractivity (Wildman–Crippen MR) is 108 cm³/mol. The standard InChI is InChI=1S/C19H19Cl2N5O2/c1-3-11(8-17-23-25-26-24-17)12-4-6-14(7-5-12)22-19(27)15-9-13(20)10-16(21)18(15)28-2/h4-7,9-11H,3,8H2,1-2H3,(H,22,27)(H,23,24,25,26)/t11-/m1/s1. The van der Waals surface area contributed by atoms with Crippen molar-refractivity contribution in [2.45, 2.75) is 25.7 Å². The van der Waals surface area contributed by atoms with E-state index in [1.165, 1.54) is 19.2 Å². The van der Waals surface area contributed by atoms with Crippen molar-refractivity contribution in [1.82, 2.24) is 20.6 Å². The molecule has 1 aromatic heterocycles. The van der Waals surface area contributed by atoms with Crippen LogP contribution in [0.2, 0.25) is 10.0 Å². The summed E-state index contributed by atoms with van der Waals surface area (Å²) < 4.78 is 5.23. The summed E-state index contributed by atoms with van der Waals surface area (Å²) in [5, 5.41) is 17.6. The molecule has 28 heavy (non-hydrogen) atoms. The van der Waals surface area contributed by atoms with Crippen molar-refractivity contribution < 1.29 is 9.53 Å². The Balaban J connectivity index is 1.74. The number of methoxy groups -OCH3 is 1. The molecule has 0 bridgehead atoms. The second-order valence-corrected chi connectivity index (χ2v) is 7.03. The quantitative estimate of drug-likeness (QED) is 0.587. The largest absolute Gasteiger partial charge is 0.494 e. The maximum absolute atomic E-state index is 12.6. The average molecular weight is 420 g/mol. The van der Waals surface area contributed by atoms with Gasteiger partial charge in [-0.05, 0) is 42.2 Å². The van der Waals surface area contributed by atoms with E-state index in [1.807, 2.05) is 24.3 Å². The van der Waals surface area contributed by atoms with Crippen molar-refractivity contribution in [3.05, 3.63) is 63.4 Å². The van der Waals surface area contributed by atoms with Gasteiger partial charge in [0.15, 0.2) is 5.82 Å². The van der Waals surface area contributed by atoms with Crippen LogP contribution >= 0.6 is 23.2 Å². The second kappa shape index (κ2) is 9.03. The number of ether oxygens (including phenoxy) is 1. The Kier molecular flexibility index (Phi) is 6.49. The molecule has 9 heteroatoms. The predicted octanol–water partition coefficient (Wildman–Crippen LogP) is 4.50. The minimum Gasteiger partial charge on any atom is -0.494 e. The molecule has 0 aliphatic rings. The van der Waals surface area contributed by atoms with Gasteiger partial charge in [0.25, 0.3) is 5.91 Å². The van der Waals surface area contributed by atoms with Crippen LogP contribution in [0, 0.1) is 0 Å². The monoisotopic (exact) mass is 419 g/mol. The molecular formula is C19H19Cl2N5O2. The lowest BCUT2D eigenvalue weighted by atomic mass is 9.93. The molecule has 0 fully saturated rings. The summed E-state index contributed by atoms with van der Waals surface area (Å²) in [6.45, 7) is 2.11. The lowest BCUT2D eigenvalue weighted by Crippen LogP contribution is -2.13. The fourth-order valence-corrected chi connectivity index (χ4v) is 3.53. The van der Waals surface area contributed by atoms with Gasteiger partial charge in [-0.1, -0.05) is 47.5 Å². The first-order chi connectivity index (χ1) is 13.5. The summed E-state index contributed by atoms with van der Waals surface area (Å²) in [4.78, 5) is 12.6. The zero-order valence-electron chi connectivity index (χ0n) is 15.4. The van der Waals surface area contributed by atoms with E-state index >= 15 is 0 Å². The summed E-state index contributed by atoms with van der Waals surface area (Å²) in [7, 11) is 1.45. The second-order valence-electron chi connectivity index (χ2n) is 6.18. The number of H-pyrrole nitrogens is 1. The number of anilines is 1. The zero-order chi connectivity index (χ0) is 20.1. The number of carbonyl (C=O) groups excluding carboxylic acids is 1. The number of amides is 1. The fraction of sp³-hybridized carbons (Fsp3) is 0.263. The molecule has 3 rings (SSSR count). The SMILES string of the molecule is CC[C@H](Cc1nn[nH]n1)c1ccc(NC(=O)c2cc(Cl)cc(Cl)c2OC)cc1. The van der Waals surface area contributed by atoms with Crippen molar-refractivity contribution in [2.24, 2.45) is 0 Å². The Morgan fingerprint density at radius 1 is 1.25 bits per heavy atom. The Morgan fingerprint density at radius 3 is 2.61 bits per heavy atom. The first kappa shape index (κ1) is 20.1. The highest BCUT2D eigenvalue weighted by molar-refractivity contribution is 6.36. The molecule has 0 unspecified atom stereocenters. The maximum atomic E-state index is 12.6. The number of hydrogen-bond acceptors (Lipinski definition) is 5. The van der Waals surface area contributed by atoms with Crippen LogP contribution in [0.15, 0.2) is 36.4 Å². The van der Waals surface area contributed by atoms with Crippen LogP contribution in [-0.2, 0) is 6.42 Å². The Labute approximate surface area is 172 Å². The fourth-order valence-electron chi connectivity index (χ4n) is 2.96. The number of aromatic amines is 1. The molecule has 1 amide bonds.